The molecule has 2 rings (SSSR count). The fraction of sp³-hybridized carbons (Fsp3) is 0.600. The molecule has 1 aliphatic heterocycles. The van der Waals surface area contributed by atoms with E-state index in [-0.39, 0.29) is 36.0 Å². The Labute approximate surface area is 112 Å². The van der Waals surface area contributed by atoms with Crippen molar-refractivity contribution in [1.29, 1.82) is 0 Å². The van der Waals surface area contributed by atoms with Gasteiger partial charge in [0, 0.05) is 13.7 Å². The van der Waals surface area contributed by atoms with E-state index in [0.29, 0.717) is 6.61 Å². The lowest BCUT2D eigenvalue weighted by Crippen LogP contribution is -3.00. The highest BCUT2D eigenvalue weighted by Gasteiger charge is 2.27. The number of hydrogen-bond donors (Lipinski definition) is 0. The number of aryl methyl sites for hydroxylation is 1. The summed E-state index contributed by atoms with van der Waals surface area (Å²) >= 11 is 0. The quantitative estimate of drug-likeness (QED) is 0.405. The van der Waals surface area contributed by atoms with Crippen LogP contribution in [0.4, 0.5) is 4.79 Å². The largest absolute Gasteiger partial charge is 1.00 e. The van der Waals surface area contributed by atoms with Gasteiger partial charge in [0.1, 0.15) is 12.4 Å². The van der Waals surface area contributed by atoms with E-state index in [4.69, 9.17) is 4.74 Å². The van der Waals surface area contributed by atoms with Crippen LogP contribution in [0, 0.1) is 0 Å². The SMILES string of the molecule is CN(C(=O)n1cc[n+](C)c1)C1CCOC1.[I-]. The smallest absolute Gasteiger partial charge is 0.415 e. The van der Waals surface area contributed by atoms with E-state index in [1.54, 1.807) is 22.0 Å². The highest BCUT2D eigenvalue weighted by atomic mass is 127. The van der Waals surface area contributed by atoms with Crippen LogP contribution in [-0.2, 0) is 11.8 Å². The Bertz CT molecular complexity index is 361. The van der Waals surface area contributed by atoms with E-state index in [0.717, 1.165) is 13.0 Å². The standard InChI is InChI=1S/C10H16N3O2.HI/c1-11-4-5-13(8-11)10(14)12(2)9-3-6-15-7-9;/h4-5,8-9H,3,6-7H2,1-2H3;1H/q+1;/p-1. The fourth-order valence-corrected chi connectivity index (χ4v) is 1.73. The molecule has 0 radical (unpaired) electrons. The van der Waals surface area contributed by atoms with Crippen molar-refractivity contribution in [2.75, 3.05) is 20.3 Å². The Balaban J connectivity index is 0.00000128. The van der Waals surface area contributed by atoms with Gasteiger partial charge in [0.05, 0.1) is 19.7 Å². The summed E-state index contributed by atoms with van der Waals surface area (Å²) in [6.07, 6.45) is 6.29. The van der Waals surface area contributed by atoms with Gasteiger partial charge in [-0.05, 0) is 6.42 Å². The third kappa shape index (κ3) is 2.73. The van der Waals surface area contributed by atoms with E-state index >= 15 is 0 Å². The van der Waals surface area contributed by atoms with Gasteiger partial charge in [0.25, 0.3) is 6.33 Å². The van der Waals surface area contributed by atoms with Crippen LogP contribution >= 0.6 is 0 Å². The van der Waals surface area contributed by atoms with Gasteiger partial charge in [-0.25, -0.2) is 9.36 Å². The zero-order chi connectivity index (χ0) is 10.8. The summed E-state index contributed by atoms with van der Waals surface area (Å²) in [4.78, 5) is 13.7. The third-order valence-electron chi connectivity index (χ3n) is 2.74. The van der Waals surface area contributed by atoms with Crippen molar-refractivity contribution in [3.8, 4) is 0 Å². The van der Waals surface area contributed by atoms with E-state index in [1.165, 1.54) is 0 Å². The predicted octanol–water partition coefficient (Wildman–Crippen LogP) is -2.99. The normalized spacial score (nSPS) is 19.2. The van der Waals surface area contributed by atoms with Gasteiger partial charge < -0.3 is 33.6 Å². The lowest BCUT2D eigenvalue weighted by molar-refractivity contribution is -0.670. The number of likely N-dealkylation sites (N-methyl/N-ethyl adjacent to an activating group) is 1. The highest BCUT2D eigenvalue weighted by molar-refractivity contribution is 5.76. The summed E-state index contributed by atoms with van der Waals surface area (Å²) in [5, 5.41) is 0. The first kappa shape index (κ1) is 13.4. The van der Waals surface area contributed by atoms with Crippen molar-refractivity contribution in [2.45, 2.75) is 12.5 Å². The van der Waals surface area contributed by atoms with Crippen molar-refractivity contribution in [3.05, 3.63) is 18.7 Å². The minimum atomic E-state index is -0.00824. The Kier molecular flexibility index (Phi) is 4.72. The fourth-order valence-electron chi connectivity index (χ4n) is 1.73. The number of halogens is 1. The molecule has 0 aromatic carbocycles. The zero-order valence-corrected chi connectivity index (χ0v) is 11.6. The zero-order valence-electron chi connectivity index (χ0n) is 9.47. The Morgan fingerprint density at radius 2 is 2.38 bits per heavy atom. The maximum absolute atomic E-state index is 12.0. The lowest BCUT2D eigenvalue weighted by Gasteiger charge is -2.19. The van der Waals surface area contributed by atoms with Crippen molar-refractivity contribution in [1.82, 2.24) is 9.47 Å². The van der Waals surface area contributed by atoms with E-state index in [1.807, 2.05) is 24.9 Å². The molecule has 90 valence electrons. The van der Waals surface area contributed by atoms with Crippen molar-refractivity contribution in [3.63, 3.8) is 0 Å². The summed E-state index contributed by atoms with van der Waals surface area (Å²) in [5.41, 5.74) is 0. The number of nitrogens with zero attached hydrogens (tertiary/aromatic N) is 3. The molecule has 1 saturated heterocycles. The maximum Gasteiger partial charge on any atom is 0.415 e. The second kappa shape index (κ2) is 5.62. The number of aromatic nitrogens is 2. The number of rotatable bonds is 1. The van der Waals surface area contributed by atoms with Gasteiger partial charge in [-0.15, -0.1) is 0 Å². The number of carbonyl (C=O) groups excluding carboxylic acids is 1. The predicted molar refractivity (Wildman–Crippen MR) is 53.4 cm³/mol. The number of hydrogen-bond acceptors (Lipinski definition) is 2. The molecule has 16 heavy (non-hydrogen) atoms. The molecule has 0 N–H and O–H groups in total. The summed E-state index contributed by atoms with van der Waals surface area (Å²) in [7, 11) is 3.71. The van der Waals surface area contributed by atoms with Gasteiger partial charge in [-0.2, -0.15) is 4.57 Å². The second-order valence-electron chi connectivity index (χ2n) is 3.90. The number of amides is 1. The minimum Gasteiger partial charge on any atom is -1.00 e. The molecule has 0 bridgehead atoms. The van der Waals surface area contributed by atoms with Gasteiger partial charge in [0.15, 0.2) is 0 Å². The van der Waals surface area contributed by atoms with Crippen LogP contribution in [-0.4, -0.2) is 41.8 Å². The molecule has 1 atom stereocenters. The molecule has 0 saturated carbocycles. The third-order valence-corrected chi connectivity index (χ3v) is 2.74. The Hall–Kier alpha value is -0.630. The van der Waals surface area contributed by atoms with Crippen molar-refractivity contribution < 1.29 is 38.1 Å². The molecule has 1 amide bonds. The topological polar surface area (TPSA) is 38.4 Å². The van der Waals surface area contributed by atoms with Gasteiger partial charge in [-0.3, -0.25) is 0 Å². The molecule has 1 unspecified atom stereocenters. The van der Waals surface area contributed by atoms with Crippen LogP contribution in [0.25, 0.3) is 0 Å². The number of ether oxygens (including phenoxy) is 1. The molecule has 0 aliphatic carbocycles. The van der Waals surface area contributed by atoms with Gasteiger partial charge in [-0.1, -0.05) is 0 Å². The lowest BCUT2D eigenvalue weighted by atomic mass is 10.2. The molecule has 1 aliphatic rings. The molecule has 1 fully saturated rings. The molecule has 1 aromatic heterocycles. The summed E-state index contributed by atoms with van der Waals surface area (Å²) < 4.78 is 8.69. The first-order valence-electron chi connectivity index (χ1n) is 5.06. The number of imidazole rings is 1. The van der Waals surface area contributed by atoms with Gasteiger partial charge >= 0.3 is 6.03 Å². The minimum absolute atomic E-state index is 0. The first-order chi connectivity index (χ1) is 7.18. The van der Waals surface area contributed by atoms with Crippen LogP contribution < -0.4 is 28.5 Å². The van der Waals surface area contributed by atoms with E-state index < -0.39 is 0 Å². The summed E-state index contributed by atoms with van der Waals surface area (Å²) in [6, 6.07) is 0.205. The van der Waals surface area contributed by atoms with Crippen LogP contribution in [0.5, 0.6) is 0 Å². The van der Waals surface area contributed by atoms with Crippen LogP contribution in [0.3, 0.4) is 0 Å². The number of carbonyl (C=O) groups is 1. The highest BCUT2D eigenvalue weighted by Crippen LogP contribution is 2.11. The molecule has 6 heteroatoms. The van der Waals surface area contributed by atoms with Crippen LogP contribution in [0.15, 0.2) is 18.7 Å². The molecular weight excluding hydrogens is 321 g/mol. The summed E-state index contributed by atoms with van der Waals surface area (Å²) in [5.74, 6) is 0. The first-order valence-corrected chi connectivity index (χ1v) is 5.06. The van der Waals surface area contributed by atoms with Gasteiger partial charge in [0.2, 0.25) is 0 Å². The van der Waals surface area contributed by atoms with Crippen molar-refractivity contribution in [2.24, 2.45) is 7.05 Å². The molecular formula is C10H16IN3O2. The van der Waals surface area contributed by atoms with Crippen LogP contribution in [0.1, 0.15) is 6.42 Å². The summed E-state index contributed by atoms with van der Waals surface area (Å²) in [6.45, 7) is 1.40. The van der Waals surface area contributed by atoms with E-state index in [9.17, 15) is 4.79 Å². The Morgan fingerprint density at radius 1 is 1.62 bits per heavy atom. The average molecular weight is 337 g/mol. The van der Waals surface area contributed by atoms with Crippen molar-refractivity contribution >= 4 is 6.03 Å². The Morgan fingerprint density at radius 3 is 2.88 bits per heavy atom. The average Bonchev–Trinajstić information content (AvgIpc) is 2.85. The van der Waals surface area contributed by atoms with E-state index in [2.05, 4.69) is 0 Å². The monoisotopic (exact) mass is 337 g/mol. The van der Waals surface area contributed by atoms with Crippen LogP contribution in [0.2, 0.25) is 0 Å². The molecule has 0 spiro atoms. The molecule has 1 aromatic rings. The maximum atomic E-state index is 12.0. The second-order valence-corrected chi connectivity index (χ2v) is 3.90. The molecule has 2 heterocycles. The molecule has 5 nitrogen and oxygen atoms in total.